The van der Waals surface area contributed by atoms with E-state index in [1.807, 2.05) is 18.2 Å². The Kier molecular flexibility index (Phi) is 6.29. The summed E-state index contributed by atoms with van der Waals surface area (Å²) < 4.78 is 6.01. The van der Waals surface area contributed by atoms with E-state index in [0.717, 1.165) is 35.2 Å². The predicted molar refractivity (Wildman–Crippen MR) is 108 cm³/mol. The molecule has 3 nitrogen and oxygen atoms in total. The first-order valence-corrected chi connectivity index (χ1v) is 9.98. The van der Waals surface area contributed by atoms with E-state index in [0.29, 0.717) is 5.88 Å². The van der Waals surface area contributed by atoms with Gasteiger partial charge in [-0.25, -0.2) is 4.98 Å². The van der Waals surface area contributed by atoms with Gasteiger partial charge in [0.2, 0.25) is 5.88 Å². The third-order valence-corrected chi connectivity index (χ3v) is 5.00. The van der Waals surface area contributed by atoms with Crippen molar-refractivity contribution >= 4 is 11.8 Å². The molecule has 0 saturated carbocycles. The van der Waals surface area contributed by atoms with Crippen LogP contribution in [0.15, 0.2) is 59.8 Å². The number of benzene rings is 2. The molecule has 1 heterocycles. The Labute approximate surface area is 159 Å². The van der Waals surface area contributed by atoms with Crippen LogP contribution in [0.3, 0.4) is 0 Å². The minimum atomic E-state index is 0.608. The van der Waals surface area contributed by atoms with Crippen LogP contribution in [0.5, 0.6) is 11.6 Å². The fraction of sp³-hybridized carbons (Fsp3) is 0.273. The fourth-order valence-electron chi connectivity index (χ4n) is 2.65. The van der Waals surface area contributed by atoms with Gasteiger partial charge in [-0.3, -0.25) is 0 Å². The summed E-state index contributed by atoms with van der Waals surface area (Å²) in [7, 11) is 0. The van der Waals surface area contributed by atoms with Gasteiger partial charge in [0.25, 0.3) is 0 Å². The first kappa shape index (κ1) is 18.5. The molecule has 0 atom stereocenters. The SMILES string of the molecule is CCc1cccc(Oc2cc(CC)nc(SCc3cccc(C)c3)n2)c1. The molecule has 0 spiro atoms. The molecule has 0 amide bonds. The second-order valence-corrected chi connectivity index (χ2v) is 7.16. The molecule has 3 rings (SSSR count). The number of nitrogens with zero attached hydrogens (tertiary/aromatic N) is 2. The molecule has 2 aromatic carbocycles. The molecule has 0 aliphatic heterocycles. The lowest BCUT2D eigenvalue weighted by molar-refractivity contribution is 0.453. The normalized spacial score (nSPS) is 10.7. The first-order valence-electron chi connectivity index (χ1n) is 8.99. The van der Waals surface area contributed by atoms with Crippen LogP contribution in [-0.4, -0.2) is 9.97 Å². The van der Waals surface area contributed by atoms with Crippen molar-refractivity contribution in [1.29, 1.82) is 0 Å². The van der Waals surface area contributed by atoms with Crippen molar-refractivity contribution in [2.45, 2.75) is 44.5 Å². The van der Waals surface area contributed by atoms with Crippen LogP contribution in [0.25, 0.3) is 0 Å². The summed E-state index contributed by atoms with van der Waals surface area (Å²) >= 11 is 1.64. The Morgan fingerprint density at radius 2 is 1.69 bits per heavy atom. The molecule has 0 unspecified atom stereocenters. The maximum Gasteiger partial charge on any atom is 0.223 e. The molecule has 4 heteroatoms. The van der Waals surface area contributed by atoms with E-state index in [4.69, 9.17) is 4.74 Å². The Morgan fingerprint density at radius 1 is 0.885 bits per heavy atom. The van der Waals surface area contributed by atoms with Gasteiger partial charge in [-0.05, 0) is 43.0 Å². The monoisotopic (exact) mass is 364 g/mol. The number of hydrogen-bond donors (Lipinski definition) is 0. The average Bonchev–Trinajstić information content (AvgIpc) is 2.66. The molecular formula is C22H24N2OS. The van der Waals surface area contributed by atoms with Crippen LogP contribution < -0.4 is 4.74 Å². The molecule has 0 aliphatic rings. The van der Waals surface area contributed by atoms with Gasteiger partial charge in [0.05, 0.1) is 0 Å². The third kappa shape index (κ3) is 5.09. The lowest BCUT2D eigenvalue weighted by atomic mass is 10.2. The smallest absolute Gasteiger partial charge is 0.223 e. The molecule has 0 saturated heterocycles. The summed E-state index contributed by atoms with van der Waals surface area (Å²) in [6, 6.07) is 18.6. The maximum atomic E-state index is 6.01. The molecule has 26 heavy (non-hydrogen) atoms. The van der Waals surface area contributed by atoms with Crippen molar-refractivity contribution in [2.24, 2.45) is 0 Å². The van der Waals surface area contributed by atoms with Crippen LogP contribution in [0.4, 0.5) is 0 Å². The highest BCUT2D eigenvalue weighted by Crippen LogP contribution is 2.26. The molecule has 0 aliphatic carbocycles. The number of rotatable bonds is 7. The molecule has 134 valence electrons. The van der Waals surface area contributed by atoms with Crippen LogP contribution in [0.2, 0.25) is 0 Å². The summed E-state index contributed by atoms with van der Waals surface area (Å²) in [5, 5.41) is 0.757. The van der Waals surface area contributed by atoms with Crippen molar-refractivity contribution < 1.29 is 4.74 Å². The second-order valence-electron chi connectivity index (χ2n) is 6.21. The van der Waals surface area contributed by atoms with Gasteiger partial charge in [0.1, 0.15) is 5.75 Å². The first-order chi connectivity index (χ1) is 12.7. The zero-order valence-electron chi connectivity index (χ0n) is 15.5. The minimum Gasteiger partial charge on any atom is -0.439 e. The van der Waals surface area contributed by atoms with E-state index in [-0.39, 0.29) is 0 Å². The Bertz CT molecular complexity index is 880. The van der Waals surface area contributed by atoms with Crippen molar-refractivity contribution in [3.05, 3.63) is 77.0 Å². The van der Waals surface area contributed by atoms with Gasteiger partial charge in [-0.1, -0.05) is 67.6 Å². The lowest BCUT2D eigenvalue weighted by Crippen LogP contribution is -1.97. The largest absolute Gasteiger partial charge is 0.439 e. The minimum absolute atomic E-state index is 0.608. The van der Waals surface area contributed by atoms with Gasteiger partial charge in [0, 0.05) is 17.5 Å². The van der Waals surface area contributed by atoms with Crippen LogP contribution in [0, 0.1) is 6.92 Å². The summed E-state index contributed by atoms with van der Waals surface area (Å²) in [5.41, 5.74) is 4.79. The number of ether oxygens (including phenoxy) is 1. The van der Waals surface area contributed by atoms with Crippen LogP contribution in [-0.2, 0) is 18.6 Å². The topological polar surface area (TPSA) is 35.0 Å². The molecule has 0 N–H and O–H groups in total. The van der Waals surface area contributed by atoms with Gasteiger partial charge in [-0.15, -0.1) is 0 Å². The van der Waals surface area contributed by atoms with Crippen LogP contribution >= 0.6 is 11.8 Å². The number of aryl methyl sites for hydroxylation is 3. The van der Waals surface area contributed by atoms with Gasteiger partial charge in [-0.2, -0.15) is 4.98 Å². The highest BCUT2D eigenvalue weighted by molar-refractivity contribution is 7.98. The van der Waals surface area contributed by atoms with Crippen LogP contribution in [0.1, 0.15) is 36.2 Å². The standard InChI is InChI=1S/C22H24N2OS/c1-4-17-9-7-11-20(13-17)25-21-14-19(5-2)23-22(24-21)26-15-18-10-6-8-16(3)12-18/h6-14H,4-5,15H2,1-3H3. The van der Waals surface area contributed by atoms with Crippen molar-refractivity contribution in [3.8, 4) is 11.6 Å². The summed E-state index contributed by atoms with van der Waals surface area (Å²) in [6.45, 7) is 6.34. The number of thioether (sulfide) groups is 1. The van der Waals surface area contributed by atoms with Gasteiger partial charge < -0.3 is 4.74 Å². The average molecular weight is 365 g/mol. The lowest BCUT2D eigenvalue weighted by Gasteiger charge is -2.09. The third-order valence-electron chi connectivity index (χ3n) is 4.08. The summed E-state index contributed by atoms with van der Waals surface area (Å²) in [6.07, 6.45) is 1.84. The molecular weight excluding hydrogens is 340 g/mol. The molecule has 0 radical (unpaired) electrons. The Morgan fingerprint density at radius 3 is 2.46 bits per heavy atom. The zero-order valence-corrected chi connectivity index (χ0v) is 16.3. The number of aromatic nitrogens is 2. The quantitative estimate of drug-likeness (QED) is 0.381. The van der Waals surface area contributed by atoms with Crippen molar-refractivity contribution in [1.82, 2.24) is 9.97 Å². The Balaban J connectivity index is 1.77. The van der Waals surface area contributed by atoms with Crippen molar-refractivity contribution in [3.63, 3.8) is 0 Å². The van der Waals surface area contributed by atoms with Crippen molar-refractivity contribution in [2.75, 3.05) is 0 Å². The van der Waals surface area contributed by atoms with E-state index in [9.17, 15) is 0 Å². The Hall–Kier alpha value is -2.33. The predicted octanol–water partition coefficient (Wildman–Crippen LogP) is 5.99. The summed E-state index contributed by atoms with van der Waals surface area (Å²) in [4.78, 5) is 9.24. The molecule has 0 fully saturated rings. The van der Waals surface area contributed by atoms with Gasteiger partial charge in [0.15, 0.2) is 5.16 Å². The van der Waals surface area contributed by atoms with E-state index in [2.05, 4.69) is 67.1 Å². The number of hydrogen-bond acceptors (Lipinski definition) is 4. The highest BCUT2D eigenvalue weighted by Gasteiger charge is 2.08. The fourth-order valence-corrected chi connectivity index (χ4v) is 3.46. The van der Waals surface area contributed by atoms with E-state index >= 15 is 0 Å². The molecule has 1 aromatic heterocycles. The highest BCUT2D eigenvalue weighted by atomic mass is 32.2. The maximum absolute atomic E-state index is 6.01. The van der Waals surface area contributed by atoms with E-state index in [1.54, 1.807) is 11.8 Å². The van der Waals surface area contributed by atoms with E-state index < -0.39 is 0 Å². The second kappa shape index (κ2) is 8.86. The van der Waals surface area contributed by atoms with E-state index in [1.165, 1.54) is 16.7 Å². The van der Waals surface area contributed by atoms with Gasteiger partial charge >= 0.3 is 0 Å². The zero-order chi connectivity index (χ0) is 18.4. The molecule has 0 bridgehead atoms. The summed E-state index contributed by atoms with van der Waals surface area (Å²) in [5.74, 6) is 2.27. The molecule has 3 aromatic rings.